The Morgan fingerprint density at radius 1 is 1.00 bits per heavy atom. The quantitative estimate of drug-likeness (QED) is 0.375. The molecule has 0 saturated carbocycles. The molecule has 35 heavy (non-hydrogen) atoms. The predicted octanol–water partition coefficient (Wildman–Crippen LogP) is 2.45. The average Bonchev–Trinajstić information content (AvgIpc) is 3.16. The van der Waals surface area contributed by atoms with E-state index in [0.29, 0.717) is 13.2 Å². The summed E-state index contributed by atoms with van der Waals surface area (Å²) in [5, 5.41) is 14.2. The molecule has 3 rings (SSSR count). The molecule has 2 aromatic rings. The lowest BCUT2D eigenvalue weighted by Crippen LogP contribution is -2.48. The first-order valence-electron chi connectivity index (χ1n) is 11.7. The van der Waals surface area contributed by atoms with Gasteiger partial charge in [0.2, 0.25) is 5.91 Å². The van der Waals surface area contributed by atoms with Gasteiger partial charge in [0.05, 0.1) is 13.2 Å². The number of rotatable bonds is 13. The Balaban J connectivity index is 1.54. The van der Waals surface area contributed by atoms with E-state index in [9.17, 15) is 14.4 Å². The summed E-state index contributed by atoms with van der Waals surface area (Å²) in [6.45, 7) is 1.97. The van der Waals surface area contributed by atoms with Crippen LogP contribution in [0.25, 0.3) is 11.1 Å². The largest absolute Gasteiger partial charge is 0.481 e. The van der Waals surface area contributed by atoms with Crippen LogP contribution in [0.3, 0.4) is 0 Å². The third kappa shape index (κ3) is 7.53. The van der Waals surface area contributed by atoms with Crippen LogP contribution in [-0.4, -0.2) is 81.0 Å². The lowest BCUT2D eigenvalue weighted by molar-refractivity contribution is -0.137. The summed E-state index contributed by atoms with van der Waals surface area (Å²) in [7, 11) is 3.88. The molecule has 0 fully saturated rings. The van der Waals surface area contributed by atoms with Gasteiger partial charge in [-0.2, -0.15) is 0 Å². The Morgan fingerprint density at radius 2 is 1.63 bits per heavy atom. The van der Waals surface area contributed by atoms with Gasteiger partial charge >= 0.3 is 12.1 Å². The van der Waals surface area contributed by atoms with Crippen LogP contribution >= 0.6 is 0 Å². The number of carbonyl (C=O) groups excluding carboxylic acids is 2. The highest BCUT2D eigenvalue weighted by Crippen LogP contribution is 2.44. The van der Waals surface area contributed by atoms with Crippen LogP contribution in [-0.2, 0) is 19.1 Å². The Morgan fingerprint density at radius 3 is 2.23 bits per heavy atom. The minimum Gasteiger partial charge on any atom is -0.481 e. The first-order chi connectivity index (χ1) is 16.9. The molecule has 2 amide bonds. The van der Waals surface area contributed by atoms with Gasteiger partial charge in [-0.25, -0.2) is 4.79 Å². The molecule has 1 aliphatic carbocycles. The van der Waals surface area contributed by atoms with Crippen molar-refractivity contribution >= 4 is 18.0 Å². The number of hydrogen-bond donors (Lipinski definition) is 3. The number of aliphatic carboxylic acids is 1. The van der Waals surface area contributed by atoms with Crippen LogP contribution in [0.4, 0.5) is 4.79 Å². The molecule has 9 heteroatoms. The van der Waals surface area contributed by atoms with E-state index < -0.39 is 24.0 Å². The zero-order chi connectivity index (χ0) is 25.2. The number of likely N-dealkylation sites (N-methyl/N-ethyl adjacent to an activating group) is 1. The summed E-state index contributed by atoms with van der Waals surface area (Å²) in [5.41, 5.74) is 4.39. The number of fused-ring (bicyclic) bond motifs is 3. The molecule has 0 radical (unpaired) electrons. The Hall–Kier alpha value is -3.43. The van der Waals surface area contributed by atoms with Gasteiger partial charge in [-0.05, 0) is 42.8 Å². The molecule has 0 bridgehead atoms. The van der Waals surface area contributed by atoms with Crippen molar-refractivity contribution in [1.82, 2.24) is 15.5 Å². The maximum Gasteiger partial charge on any atom is 0.407 e. The van der Waals surface area contributed by atoms with Crippen LogP contribution in [0.1, 0.15) is 29.9 Å². The van der Waals surface area contributed by atoms with Crippen molar-refractivity contribution in [1.29, 1.82) is 0 Å². The molecule has 0 aromatic heterocycles. The van der Waals surface area contributed by atoms with Crippen LogP contribution in [0.2, 0.25) is 0 Å². The number of ether oxygens (including phenoxy) is 2. The van der Waals surface area contributed by atoms with Gasteiger partial charge in [0.1, 0.15) is 12.6 Å². The Kier molecular flexibility index (Phi) is 9.63. The number of amides is 2. The number of carboxylic acid groups (broad SMARTS) is 1. The van der Waals surface area contributed by atoms with Crippen molar-refractivity contribution in [2.24, 2.45) is 0 Å². The van der Waals surface area contributed by atoms with E-state index in [4.69, 9.17) is 14.6 Å². The SMILES string of the molecule is CN(C)CCOCCNC(=O)C(CCC(=O)O)NC(=O)OCC1c2ccccc2-c2ccccc21. The summed E-state index contributed by atoms with van der Waals surface area (Å²) >= 11 is 0. The number of nitrogens with zero attached hydrogens (tertiary/aromatic N) is 1. The van der Waals surface area contributed by atoms with E-state index in [1.54, 1.807) is 0 Å². The van der Waals surface area contributed by atoms with E-state index in [0.717, 1.165) is 28.8 Å². The number of benzene rings is 2. The van der Waals surface area contributed by atoms with Crippen LogP contribution in [0, 0.1) is 0 Å². The van der Waals surface area contributed by atoms with E-state index in [2.05, 4.69) is 10.6 Å². The first-order valence-corrected chi connectivity index (χ1v) is 11.7. The second-order valence-electron chi connectivity index (χ2n) is 8.66. The summed E-state index contributed by atoms with van der Waals surface area (Å²) < 4.78 is 10.9. The van der Waals surface area contributed by atoms with Gasteiger partial charge < -0.3 is 30.1 Å². The van der Waals surface area contributed by atoms with Gasteiger partial charge in [-0.3, -0.25) is 9.59 Å². The van der Waals surface area contributed by atoms with Crippen LogP contribution < -0.4 is 10.6 Å². The van der Waals surface area contributed by atoms with Crippen molar-refractivity contribution in [3.05, 3.63) is 59.7 Å². The zero-order valence-electron chi connectivity index (χ0n) is 20.2. The molecule has 1 atom stereocenters. The highest BCUT2D eigenvalue weighted by molar-refractivity contribution is 5.86. The highest BCUT2D eigenvalue weighted by atomic mass is 16.5. The minimum absolute atomic E-state index is 0.0488. The predicted molar refractivity (Wildman–Crippen MR) is 131 cm³/mol. The molecule has 0 heterocycles. The molecule has 1 unspecified atom stereocenters. The summed E-state index contributed by atoms with van der Waals surface area (Å²) in [6, 6.07) is 15.0. The first kappa shape index (κ1) is 26.2. The number of nitrogens with one attached hydrogen (secondary N) is 2. The fourth-order valence-corrected chi connectivity index (χ4v) is 4.04. The zero-order valence-corrected chi connectivity index (χ0v) is 20.2. The van der Waals surface area contributed by atoms with E-state index in [1.165, 1.54) is 0 Å². The molecule has 2 aromatic carbocycles. The van der Waals surface area contributed by atoms with E-state index in [1.807, 2.05) is 67.5 Å². The molecule has 1 aliphatic rings. The smallest absolute Gasteiger partial charge is 0.407 e. The van der Waals surface area contributed by atoms with E-state index >= 15 is 0 Å². The second kappa shape index (κ2) is 12.9. The van der Waals surface area contributed by atoms with Crippen molar-refractivity contribution in [2.75, 3.05) is 47.0 Å². The van der Waals surface area contributed by atoms with Gasteiger partial charge in [-0.15, -0.1) is 0 Å². The van der Waals surface area contributed by atoms with E-state index in [-0.39, 0.29) is 31.9 Å². The van der Waals surface area contributed by atoms with Gasteiger partial charge in [0.25, 0.3) is 0 Å². The Labute approximate surface area is 205 Å². The monoisotopic (exact) mass is 483 g/mol. The van der Waals surface area contributed by atoms with Gasteiger partial charge in [-0.1, -0.05) is 48.5 Å². The number of carboxylic acids is 1. The fraction of sp³-hybridized carbons (Fsp3) is 0.423. The lowest BCUT2D eigenvalue weighted by Gasteiger charge is -2.19. The van der Waals surface area contributed by atoms with Crippen molar-refractivity contribution in [3.8, 4) is 11.1 Å². The number of hydrogen-bond acceptors (Lipinski definition) is 6. The maximum absolute atomic E-state index is 12.6. The normalized spacial score (nSPS) is 13.1. The lowest BCUT2D eigenvalue weighted by atomic mass is 9.98. The number of carbonyl (C=O) groups is 3. The number of alkyl carbamates (subject to hydrolysis) is 1. The minimum atomic E-state index is -1.05. The van der Waals surface area contributed by atoms with Crippen molar-refractivity contribution in [3.63, 3.8) is 0 Å². The van der Waals surface area contributed by atoms with Crippen molar-refractivity contribution in [2.45, 2.75) is 24.8 Å². The molecule has 0 saturated heterocycles. The van der Waals surface area contributed by atoms with Crippen LogP contribution in [0.15, 0.2) is 48.5 Å². The van der Waals surface area contributed by atoms with Crippen LogP contribution in [0.5, 0.6) is 0 Å². The molecule has 9 nitrogen and oxygen atoms in total. The highest BCUT2D eigenvalue weighted by Gasteiger charge is 2.29. The fourth-order valence-electron chi connectivity index (χ4n) is 4.04. The molecule has 0 aliphatic heterocycles. The molecule has 3 N–H and O–H groups in total. The second-order valence-corrected chi connectivity index (χ2v) is 8.66. The molecular weight excluding hydrogens is 450 g/mol. The molecule has 0 spiro atoms. The molecular formula is C26H33N3O6. The topological polar surface area (TPSA) is 117 Å². The Bertz CT molecular complexity index is 980. The summed E-state index contributed by atoms with van der Waals surface area (Å²) in [5.74, 6) is -1.64. The van der Waals surface area contributed by atoms with Gasteiger partial charge in [0.15, 0.2) is 0 Å². The molecule has 188 valence electrons. The summed E-state index contributed by atoms with van der Waals surface area (Å²) in [6.07, 6.45) is -1.08. The third-order valence-electron chi connectivity index (χ3n) is 5.83. The third-order valence-corrected chi connectivity index (χ3v) is 5.83. The maximum atomic E-state index is 12.6. The average molecular weight is 484 g/mol. The van der Waals surface area contributed by atoms with Crippen molar-refractivity contribution < 1.29 is 29.0 Å². The summed E-state index contributed by atoms with van der Waals surface area (Å²) in [4.78, 5) is 38.2. The van der Waals surface area contributed by atoms with Gasteiger partial charge in [0, 0.05) is 25.4 Å². The standard InChI is InChI=1S/C26H33N3O6/c1-29(2)14-16-34-15-13-27-25(32)23(11-12-24(30)31)28-26(33)35-17-22-20-9-5-3-7-18(20)19-8-4-6-10-21(19)22/h3-10,22-23H,11-17H2,1-2H3,(H,27,32)(H,28,33)(H,30,31).